The summed E-state index contributed by atoms with van der Waals surface area (Å²) in [6.45, 7) is 2.02. The van der Waals surface area contributed by atoms with E-state index in [0.29, 0.717) is 16.9 Å². The van der Waals surface area contributed by atoms with Gasteiger partial charge in [0.15, 0.2) is 0 Å². The van der Waals surface area contributed by atoms with E-state index >= 15 is 0 Å². The number of aryl methyl sites for hydroxylation is 1. The molecule has 0 unspecified atom stereocenters. The fourth-order valence-electron chi connectivity index (χ4n) is 2.40. The lowest BCUT2D eigenvalue weighted by atomic mass is 10.1. The van der Waals surface area contributed by atoms with E-state index in [1.807, 2.05) is 36.6 Å². The lowest BCUT2D eigenvalue weighted by Crippen LogP contribution is -1.82. The van der Waals surface area contributed by atoms with E-state index < -0.39 is 0 Å². The van der Waals surface area contributed by atoms with Gasteiger partial charge in [0, 0.05) is 22.3 Å². The molecular weight excluding hydrogens is 369 g/mol. The van der Waals surface area contributed by atoms with Gasteiger partial charge in [0.05, 0.1) is 5.69 Å². The summed E-state index contributed by atoms with van der Waals surface area (Å²) in [5, 5.41) is 11.6. The SMILES string of the molecule is Cc1cccc(-c2nnc(SCc3csc(-c4ccc(F)cc4)n3)o2)c1. The summed E-state index contributed by atoms with van der Waals surface area (Å²) in [4.78, 5) is 4.59. The van der Waals surface area contributed by atoms with E-state index in [4.69, 9.17) is 4.42 Å². The molecule has 0 saturated heterocycles. The number of rotatable bonds is 5. The molecule has 0 bridgehead atoms. The molecule has 0 aliphatic heterocycles. The fraction of sp³-hybridized carbons (Fsp3) is 0.105. The van der Waals surface area contributed by atoms with Crippen LogP contribution in [0.5, 0.6) is 0 Å². The number of benzene rings is 2. The maximum atomic E-state index is 13.0. The standard InChI is InChI=1S/C19H14FN3OS2/c1-12-3-2-4-14(9-12)17-22-23-19(24-17)26-11-16-10-25-18(21-16)13-5-7-15(20)8-6-13/h2-10H,11H2,1H3. The van der Waals surface area contributed by atoms with Gasteiger partial charge in [-0.15, -0.1) is 21.5 Å². The predicted molar refractivity (Wildman–Crippen MR) is 102 cm³/mol. The van der Waals surface area contributed by atoms with Crippen molar-refractivity contribution in [3.05, 3.63) is 71.0 Å². The summed E-state index contributed by atoms with van der Waals surface area (Å²) in [5.74, 6) is 0.899. The van der Waals surface area contributed by atoms with E-state index in [1.54, 1.807) is 12.1 Å². The van der Waals surface area contributed by atoms with Crippen LogP contribution in [0.25, 0.3) is 22.0 Å². The molecule has 0 fully saturated rings. The van der Waals surface area contributed by atoms with E-state index in [-0.39, 0.29) is 5.82 Å². The lowest BCUT2D eigenvalue weighted by Gasteiger charge is -1.96. The van der Waals surface area contributed by atoms with Gasteiger partial charge in [-0.25, -0.2) is 9.37 Å². The van der Waals surface area contributed by atoms with E-state index in [1.165, 1.54) is 35.2 Å². The van der Waals surface area contributed by atoms with Crippen molar-refractivity contribution < 1.29 is 8.81 Å². The molecule has 130 valence electrons. The first kappa shape index (κ1) is 16.9. The Balaban J connectivity index is 1.43. The van der Waals surface area contributed by atoms with Crippen LogP contribution in [-0.4, -0.2) is 15.2 Å². The maximum Gasteiger partial charge on any atom is 0.277 e. The van der Waals surface area contributed by atoms with Crippen LogP contribution in [-0.2, 0) is 5.75 Å². The van der Waals surface area contributed by atoms with Crippen molar-refractivity contribution in [3.8, 4) is 22.0 Å². The van der Waals surface area contributed by atoms with Crippen molar-refractivity contribution in [2.45, 2.75) is 17.9 Å². The van der Waals surface area contributed by atoms with Crippen molar-refractivity contribution in [2.75, 3.05) is 0 Å². The van der Waals surface area contributed by atoms with Gasteiger partial charge in [-0.05, 0) is 43.3 Å². The van der Waals surface area contributed by atoms with Crippen LogP contribution in [0.3, 0.4) is 0 Å². The second-order valence-corrected chi connectivity index (χ2v) is 7.47. The Morgan fingerprint density at radius 1 is 1.08 bits per heavy atom. The zero-order valence-electron chi connectivity index (χ0n) is 13.8. The molecule has 0 aliphatic rings. The molecule has 4 nitrogen and oxygen atoms in total. The molecule has 0 N–H and O–H groups in total. The highest BCUT2D eigenvalue weighted by atomic mass is 32.2. The maximum absolute atomic E-state index is 13.0. The van der Waals surface area contributed by atoms with Crippen molar-refractivity contribution in [1.82, 2.24) is 15.2 Å². The van der Waals surface area contributed by atoms with Crippen LogP contribution in [0.2, 0.25) is 0 Å². The highest BCUT2D eigenvalue weighted by Gasteiger charge is 2.11. The number of nitrogens with zero attached hydrogens (tertiary/aromatic N) is 3. The quantitative estimate of drug-likeness (QED) is 0.420. The van der Waals surface area contributed by atoms with E-state index in [2.05, 4.69) is 15.2 Å². The van der Waals surface area contributed by atoms with Gasteiger partial charge in [0.1, 0.15) is 10.8 Å². The zero-order chi connectivity index (χ0) is 17.9. The van der Waals surface area contributed by atoms with Crippen molar-refractivity contribution in [3.63, 3.8) is 0 Å². The Bertz CT molecular complexity index is 1030. The second-order valence-electron chi connectivity index (χ2n) is 5.68. The molecule has 2 heterocycles. The first-order chi connectivity index (χ1) is 12.7. The van der Waals surface area contributed by atoms with Crippen molar-refractivity contribution in [1.29, 1.82) is 0 Å². The summed E-state index contributed by atoms with van der Waals surface area (Å²) in [6, 6.07) is 14.3. The molecule has 7 heteroatoms. The molecule has 0 amide bonds. The third-order valence-electron chi connectivity index (χ3n) is 3.66. The van der Waals surface area contributed by atoms with Gasteiger partial charge in [0.25, 0.3) is 5.22 Å². The predicted octanol–water partition coefficient (Wildman–Crippen LogP) is 5.60. The van der Waals surface area contributed by atoms with Gasteiger partial charge in [0.2, 0.25) is 5.89 Å². The van der Waals surface area contributed by atoms with Crippen LogP contribution in [0.1, 0.15) is 11.3 Å². The second kappa shape index (κ2) is 7.39. The molecule has 0 saturated carbocycles. The Labute approximate surface area is 158 Å². The summed E-state index contributed by atoms with van der Waals surface area (Å²) < 4.78 is 18.7. The third kappa shape index (κ3) is 3.84. The molecule has 2 aromatic carbocycles. The van der Waals surface area contributed by atoms with Gasteiger partial charge < -0.3 is 4.42 Å². The Morgan fingerprint density at radius 2 is 1.92 bits per heavy atom. The molecular formula is C19H14FN3OS2. The summed E-state index contributed by atoms with van der Waals surface area (Å²) >= 11 is 2.98. The highest BCUT2D eigenvalue weighted by molar-refractivity contribution is 7.98. The topological polar surface area (TPSA) is 51.8 Å². The molecule has 2 aromatic heterocycles. The smallest absolute Gasteiger partial charge is 0.277 e. The number of aromatic nitrogens is 3. The Kier molecular flexibility index (Phi) is 4.81. The minimum Gasteiger partial charge on any atom is -0.411 e. The molecule has 26 heavy (non-hydrogen) atoms. The highest BCUT2D eigenvalue weighted by Crippen LogP contribution is 2.29. The third-order valence-corrected chi connectivity index (χ3v) is 5.45. The molecule has 4 rings (SSSR count). The zero-order valence-corrected chi connectivity index (χ0v) is 15.5. The number of hydrogen-bond acceptors (Lipinski definition) is 6. The monoisotopic (exact) mass is 383 g/mol. The Morgan fingerprint density at radius 3 is 2.73 bits per heavy atom. The first-order valence-electron chi connectivity index (χ1n) is 7.91. The number of hydrogen-bond donors (Lipinski definition) is 0. The van der Waals surface area contributed by atoms with Crippen LogP contribution in [0.4, 0.5) is 4.39 Å². The first-order valence-corrected chi connectivity index (χ1v) is 9.77. The van der Waals surface area contributed by atoms with Gasteiger partial charge >= 0.3 is 0 Å². The van der Waals surface area contributed by atoms with Gasteiger partial charge in [-0.3, -0.25) is 0 Å². The van der Waals surface area contributed by atoms with Crippen LogP contribution >= 0.6 is 23.1 Å². The summed E-state index contributed by atoms with van der Waals surface area (Å²) in [6.07, 6.45) is 0. The number of halogens is 1. The van der Waals surface area contributed by atoms with E-state index in [0.717, 1.165) is 27.4 Å². The van der Waals surface area contributed by atoms with E-state index in [9.17, 15) is 4.39 Å². The molecule has 0 spiro atoms. The Hall–Kier alpha value is -2.51. The molecule has 0 aliphatic carbocycles. The van der Waals surface area contributed by atoms with Crippen LogP contribution in [0, 0.1) is 12.7 Å². The summed E-state index contributed by atoms with van der Waals surface area (Å²) in [5.41, 5.74) is 3.89. The lowest BCUT2D eigenvalue weighted by molar-refractivity contribution is 0.466. The molecule has 4 aromatic rings. The van der Waals surface area contributed by atoms with Gasteiger partial charge in [-0.2, -0.15) is 0 Å². The van der Waals surface area contributed by atoms with Crippen molar-refractivity contribution in [2.24, 2.45) is 0 Å². The largest absolute Gasteiger partial charge is 0.411 e. The fourth-order valence-corrected chi connectivity index (χ4v) is 3.98. The normalized spacial score (nSPS) is 11.0. The average Bonchev–Trinajstić information content (AvgIpc) is 3.30. The molecule has 0 atom stereocenters. The van der Waals surface area contributed by atoms with Crippen LogP contribution < -0.4 is 0 Å². The summed E-state index contributed by atoms with van der Waals surface area (Å²) in [7, 11) is 0. The minimum absolute atomic E-state index is 0.248. The van der Waals surface area contributed by atoms with Crippen LogP contribution in [0.15, 0.2) is 63.6 Å². The van der Waals surface area contributed by atoms with Gasteiger partial charge in [-0.1, -0.05) is 29.5 Å². The minimum atomic E-state index is -0.248. The number of thiazole rings is 1. The molecule has 0 radical (unpaired) electrons. The van der Waals surface area contributed by atoms with Crippen molar-refractivity contribution >= 4 is 23.1 Å². The average molecular weight is 383 g/mol. The number of thioether (sulfide) groups is 1.